The molecule has 4 rings (SSSR count). The smallest absolute Gasteiger partial charge is 0.0675 e. The van der Waals surface area contributed by atoms with Gasteiger partial charge in [0.2, 0.25) is 0 Å². The molecule has 1 N–H and O–H groups in total. The molecule has 1 aliphatic carbocycles. The zero-order valence-electron chi connectivity index (χ0n) is 16.2. The van der Waals surface area contributed by atoms with E-state index in [-0.39, 0.29) is 0 Å². The molecule has 0 heterocycles. The lowest BCUT2D eigenvalue weighted by Crippen LogP contribution is -2.37. The molecule has 2 nitrogen and oxygen atoms in total. The molecule has 0 aliphatic heterocycles. The molecule has 0 bridgehead atoms. The molecule has 0 fully saturated rings. The topological polar surface area (TPSA) is 15.3 Å². The summed E-state index contributed by atoms with van der Waals surface area (Å²) in [6.07, 6.45) is 2.06. The fourth-order valence-electron chi connectivity index (χ4n) is 4.19. The van der Waals surface area contributed by atoms with Crippen LogP contribution in [0.5, 0.6) is 0 Å². The van der Waals surface area contributed by atoms with Crippen molar-refractivity contribution >= 4 is 5.69 Å². The van der Waals surface area contributed by atoms with Gasteiger partial charge in [-0.2, -0.15) is 0 Å². The molecule has 0 spiro atoms. The summed E-state index contributed by atoms with van der Waals surface area (Å²) in [4.78, 5) is 2.47. The molecule has 0 saturated carbocycles. The standard InChI is InChI=1S/C25H28N2/c1-3-27(2)24-18-20-13-7-9-15-22(20)25(24)26-23-16-10-8-14-21(23)17-19-11-5-4-6-12-19/h4-16,24-26H,3,17-18H2,1-2H3. The van der Waals surface area contributed by atoms with Crippen LogP contribution in [-0.2, 0) is 12.8 Å². The van der Waals surface area contributed by atoms with Gasteiger partial charge in [-0.15, -0.1) is 0 Å². The van der Waals surface area contributed by atoms with E-state index in [2.05, 4.69) is 103 Å². The fraction of sp³-hybridized carbons (Fsp3) is 0.280. The maximum atomic E-state index is 3.91. The molecule has 0 radical (unpaired) electrons. The number of nitrogens with one attached hydrogen (secondary N) is 1. The molecule has 2 atom stereocenters. The molecule has 138 valence electrons. The summed E-state index contributed by atoms with van der Waals surface area (Å²) in [5.74, 6) is 0. The number of likely N-dealkylation sites (N-methyl/N-ethyl adjacent to an activating group) is 1. The second-order valence-corrected chi connectivity index (χ2v) is 7.49. The van der Waals surface area contributed by atoms with E-state index in [1.54, 1.807) is 0 Å². The lowest BCUT2D eigenvalue weighted by molar-refractivity contribution is 0.241. The summed E-state index contributed by atoms with van der Waals surface area (Å²) in [5.41, 5.74) is 6.86. The minimum Gasteiger partial charge on any atom is -0.376 e. The SMILES string of the molecule is CCN(C)C1Cc2ccccc2C1Nc1ccccc1Cc1ccccc1. The first-order valence-electron chi connectivity index (χ1n) is 9.92. The first-order chi connectivity index (χ1) is 13.3. The van der Waals surface area contributed by atoms with Crippen molar-refractivity contribution in [3.63, 3.8) is 0 Å². The van der Waals surface area contributed by atoms with E-state index in [0.29, 0.717) is 12.1 Å². The summed E-state index contributed by atoms with van der Waals surface area (Å²) in [7, 11) is 2.24. The first-order valence-corrected chi connectivity index (χ1v) is 9.92. The number of para-hydroxylation sites is 1. The highest BCUT2D eigenvalue weighted by molar-refractivity contribution is 5.56. The number of hydrogen-bond acceptors (Lipinski definition) is 2. The number of anilines is 1. The number of hydrogen-bond donors (Lipinski definition) is 1. The predicted molar refractivity (Wildman–Crippen MR) is 114 cm³/mol. The van der Waals surface area contributed by atoms with Crippen LogP contribution in [0, 0.1) is 0 Å². The number of nitrogens with zero attached hydrogens (tertiary/aromatic N) is 1. The molecule has 3 aromatic carbocycles. The van der Waals surface area contributed by atoms with Crippen molar-refractivity contribution in [2.45, 2.75) is 31.8 Å². The lowest BCUT2D eigenvalue weighted by Gasteiger charge is -2.31. The lowest BCUT2D eigenvalue weighted by atomic mass is 10.0. The summed E-state index contributed by atoms with van der Waals surface area (Å²) in [5, 5.41) is 3.91. The minimum absolute atomic E-state index is 0.322. The Balaban J connectivity index is 1.64. The Morgan fingerprint density at radius 1 is 0.889 bits per heavy atom. The minimum atomic E-state index is 0.322. The second kappa shape index (κ2) is 7.98. The van der Waals surface area contributed by atoms with E-state index < -0.39 is 0 Å². The normalized spacial score (nSPS) is 18.5. The van der Waals surface area contributed by atoms with Crippen LogP contribution >= 0.6 is 0 Å². The van der Waals surface area contributed by atoms with Crippen molar-refractivity contribution in [1.82, 2.24) is 4.90 Å². The number of rotatable bonds is 6. The van der Waals surface area contributed by atoms with E-state index in [9.17, 15) is 0 Å². The van der Waals surface area contributed by atoms with Crippen LogP contribution in [0.4, 0.5) is 5.69 Å². The molecular formula is C25H28N2. The van der Waals surface area contributed by atoms with Gasteiger partial charge in [0.25, 0.3) is 0 Å². The average Bonchev–Trinajstić information content (AvgIpc) is 3.08. The van der Waals surface area contributed by atoms with E-state index in [4.69, 9.17) is 0 Å². The molecule has 0 saturated heterocycles. The monoisotopic (exact) mass is 356 g/mol. The third-order valence-electron chi connectivity index (χ3n) is 5.83. The van der Waals surface area contributed by atoms with Crippen LogP contribution in [0.25, 0.3) is 0 Å². The van der Waals surface area contributed by atoms with Crippen molar-refractivity contribution < 1.29 is 0 Å². The fourth-order valence-corrected chi connectivity index (χ4v) is 4.19. The highest BCUT2D eigenvalue weighted by Gasteiger charge is 2.34. The van der Waals surface area contributed by atoms with Crippen molar-refractivity contribution in [2.24, 2.45) is 0 Å². The maximum absolute atomic E-state index is 3.91. The molecule has 1 aliphatic rings. The van der Waals surface area contributed by atoms with Gasteiger partial charge >= 0.3 is 0 Å². The van der Waals surface area contributed by atoms with Gasteiger partial charge in [0, 0.05) is 11.7 Å². The second-order valence-electron chi connectivity index (χ2n) is 7.49. The molecule has 3 aromatic rings. The van der Waals surface area contributed by atoms with Crippen molar-refractivity contribution in [3.05, 3.63) is 101 Å². The van der Waals surface area contributed by atoms with Gasteiger partial charge in [-0.25, -0.2) is 0 Å². The van der Waals surface area contributed by atoms with Crippen molar-refractivity contribution in [3.8, 4) is 0 Å². The van der Waals surface area contributed by atoms with Gasteiger partial charge in [-0.3, -0.25) is 0 Å². The van der Waals surface area contributed by atoms with Crippen LogP contribution in [0.1, 0.15) is 35.2 Å². The average molecular weight is 357 g/mol. The Morgan fingerprint density at radius 2 is 1.59 bits per heavy atom. The number of benzene rings is 3. The summed E-state index contributed by atoms with van der Waals surface area (Å²) in [6, 6.07) is 29.2. The van der Waals surface area contributed by atoms with E-state index in [1.165, 1.54) is 27.9 Å². The molecule has 2 unspecified atom stereocenters. The summed E-state index contributed by atoms with van der Waals surface area (Å²) < 4.78 is 0. The Bertz CT molecular complexity index is 888. The zero-order valence-corrected chi connectivity index (χ0v) is 16.2. The number of fused-ring (bicyclic) bond motifs is 1. The van der Waals surface area contributed by atoms with Gasteiger partial charge in [0.1, 0.15) is 0 Å². The Hall–Kier alpha value is -2.58. The highest BCUT2D eigenvalue weighted by atomic mass is 15.2. The molecule has 0 aromatic heterocycles. The van der Waals surface area contributed by atoms with Crippen molar-refractivity contribution in [2.75, 3.05) is 18.9 Å². The van der Waals surface area contributed by atoms with Crippen LogP contribution in [0.3, 0.4) is 0 Å². The summed E-state index contributed by atoms with van der Waals surface area (Å²) in [6.45, 7) is 3.30. The molecule has 0 amide bonds. The van der Waals surface area contributed by atoms with E-state index in [0.717, 1.165) is 19.4 Å². The van der Waals surface area contributed by atoms with Gasteiger partial charge in [0.15, 0.2) is 0 Å². The van der Waals surface area contributed by atoms with E-state index >= 15 is 0 Å². The molecule has 27 heavy (non-hydrogen) atoms. The van der Waals surface area contributed by atoms with Gasteiger partial charge in [-0.05, 0) is 54.8 Å². The van der Waals surface area contributed by atoms with Crippen LogP contribution < -0.4 is 5.32 Å². The largest absolute Gasteiger partial charge is 0.376 e. The third kappa shape index (κ3) is 3.77. The Labute approximate surface area is 162 Å². The molecule has 2 heteroatoms. The summed E-state index contributed by atoms with van der Waals surface area (Å²) >= 11 is 0. The van der Waals surface area contributed by atoms with Crippen LogP contribution in [0.2, 0.25) is 0 Å². The van der Waals surface area contributed by atoms with E-state index in [1.807, 2.05) is 0 Å². The van der Waals surface area contributed by atoms with Crippen LogP contribution in [-0.4, -0.2) is 24.5 Å². The quantitative estimate of drug-likeness (QED) is 0.644. The highest BCUT2D eigenvalue weighted by Crippen LogP contribution is 2.37. The Kier molecular flexibility index (Phi) is 5.26. The first kappa shape index (κ1) is 17.8. The third-order valence-corrected chi connectivity index (χ3v) is 5.83. The van der Waals surface area contributed by atoms with Gasteiger partial charge < -0.3 is 10.2 Å². The Morgan fingerprint density at radius 3 is 2.41 bits per heavy atom. The van der Waals surface area contributed by atoms with Gasteiger partial charge in [-0.1, -0.05) is 79.7 Å². The molecular weight excluding hydrogens is 328 g/mol. The zero-order chi connectivity index (χ0) is 18.6. The predicted octanol–water partition coefficient (Wildman–Crippen LogP) is 5.31. The van der Waals surface area contributed by atoms with Crippen molar-refractivity contribution in [1.29, 1.82) is 0 Å². The van der Waals surface area contributed by atoms with Gasteiger partial charge in [0.05, 0.1) is 6.04 Å². The maximum Gasteiger partial charge on any atom is 0.0675 e. The van der Waals surface area contributed by atoms with Crippen LogP contribution in [0.15, 0.2) is 78.9 Å².